The molecular formula is C20H29Cl3SiZr. The van der Waals surface area contributed by atoms with Gasteiger partial charge in [0.2, 0.25) is 0 Å². The standard InChI is InChI=1S/C9H7.C9H13.C2H5.3ClH.H2Si.Zr/c1-2-5-9-7-3-6-8(9)4-1;1-6-5-7(2)9(4)8(6)3;1-2;;;;;/h1-7H;6H,1-4H3;1H2,2H3;3*1H;1H2;/q;;;;;;;+1/p-1. The van der Waals surface area contributed by atoms with Gasteiger partial charge in [0, 0.05) is 0 Å². The Bertz CT molecular complexity index is 850. The van der Waals surface area contributed by atoms with E-state index in [-0.39, 0.29) is 24.8 Å². The van der Waals surface area contributed by atoms with Crippen molar-refractivity contribution < 1.29 is 16.2 Å². The molecule has 0 bridgehead atoms. The summed E-state index contributed by atoms with van der Waals surface area (Å²) in [6.45, 7) is 13.8. The first kappa shape index (κ1) is 23.4. The van der Waals surface area contributed by atoms with Gasteiger partial charge in [-0.1, -0.05) is 0 Å². The number of hydrogen-bond acceptors (Lipinski definition) is 0. The summed E-state index contributed by atoms with van der Waals surface area (Å²) in [6, 6.07) is 8.82. The quantitative estimate of drug-likeness (QED) is 0.411. The summed E-state index contributed by atoms with van der Waals surface area (Å²) in [7, 11) is 7.83. The molecule has 2 unspecified atom stereocenters. The average molecular weight is 495 g/mol. The van der Waals surface area contributed by atoms with Crippen LogP contribution in [0.2, 0.25) is 4.13 Å². The second-order valence-electron chi connectivity index (χ2n) is 7.51. The van der Waals surface area contributed by atoms with E-state index in [9.17, 15) is 0 Å². The Morgan fingerprint density at radius 3 is 2.20 bits per heavy atom. The van der Waals surface area contributed by atoms with Gasteiger partial charge in [-0.15, -0.1) is 24.8 Å². The molecule has 25 heavy (non-hydrogen) atoms. The van der Waals surface area contributed by atoms with Crippen LogP contribution in [0, 0.1) is 5.92 Å². The van der Waals surface area contributed by atoms with Gasteiger partial charge in [-0.25, -0.2) is 0 Å². The molecule has 0 spiro atoms. The summed E-state index contributed by atoms with van der Waals surface area (Å²) in [5, 5.41) is 0. The van der Waals surface area contributed by atoms with E-state index in [1.165, 1.54) is 27.8 Å². The molecule has 0 heterocycles. The number of benzene rings is 1. The van der Waals surface area contributed by atoms with E-state index in [1.54, 1.807) is 3.28 Å². The van der Waals surface area contributed by atoms with E-state index in [2.05, 4.69) is 77.9 Å². The molecule has 0 N–H and O–H groups in total. The SMILES string of the molecule is C[CH2][Zr](=[SiH2])([Cl])([C]1=C(C)C(C)=C(C)C1C)[CH]1C=Cc2ccccc21.Cl.Cl. The first-order valence-corrected chi connectivity index (χ1v) is 22.1. The van der Waals surface area contributed by atoms with E-state index in [0.717, 1.165) is 4.13 Å². The number of hydrogen-bond donors (Lipinski definition) is 0. The Balaban J connectivity index is 0.00000156. The Morgan fingerprint density at radius 2 is 1.68 bits per heavy atom. The van der Waals surface area contributed by atoms with Crippen LogP contribution in [0.15, 0.2) is 50.3 Å². The van der Waals surface area contributed by atoms with Crippen LogP contribution in [0.25, 0.3) is 6.08 Å². The van der Waals surface area contributed by atoms with Crippen molar-refractivity contribution in [1.82, 2.24) is 0 Å². The van der Waals surface area contributed by atoms with Gasteiger partial charge in [0.05, 0.1) is 0 Å². The van der Waals surface area contributed by atoms with Gasteiger partial charge in [-0.05, 0) is 0 Å². The third-order valence-electron chi connectivity index (χ3n) is 6.56. The van der Waals surface area contributed by atoms with E-state index >= 15 is 0 Å². The van der Waals surface area contributed by atoms with E-state index in [4.69, 9.17) is 8.51 Å². The molecule has 2 aliphatic rings. The van der Waals surface area contributed by atoms with Crippen LogP contribution in [0.1, 0.15) is 49.4 Å². The molecule has 3 rings (SSSR count). The summed E-state index contributed by atoms with van der Waals surface area (Å²) in [6.07, 6.45) is 4.71. The van der Waals surface area contributed by atoms with Gasteiger partial charge >= 0.3 is 147 Å². The predicted molar refractivity (Wildman–Crippen MR) is 118 cm³/mol. The Kier molecular flexibility index (Phi) is 7.32. The smallest absolute Gasteiger partial charge is 0.147 e. The molecule has 5 heteroatoms. The zero-order chi connectivity index (χ0) is 17.0. The van der Waals surface area contributed by atoms with Crippen LogP contribution < -0.4 is 0 Å². The summed E-state index contributed by atoms with van der Waals surface area (Å²) >= 11 is -3.65. The molecule has 1 aromatic rings. The molecule has 0 saturated heterocycles. The molecule has 1 aromatic carbocycles. The van der Waals surface area contributed by atoms with E-state index in [0.29, 0.717) is 9.54 Å². The fraction of sp³-hybridized carbons (Fsp3) is 0.400. The van der Waals surface area contributed by atoms with Crippen LogP contribution in [0.4, 0.5) is 0 Å². The maximum atomic E-state index is 7.83. The third kappa shape index (κ3) is 3.36. The van der Waals surface area contributed by atoms with Crippen LogP contribution >= 0.6 is 33.3 Å². The molecule has 0 fully saturated rings. The summed E-state index contributed by atoms with van der Waals surface area (Å²) in [5.41, 5.74) is 7.31. The molecule has 2 atom stereocenters. The van der Waals surface area contributed by atoms with E-state index in [1.807, 2.05) is 0 Å². The Morgan fingerprint density at radius 1 is 1.08 bits per heavy atom. The predicted octanol–water partition coefficient (Wildman–Crippen LogP) is 6.69. The topological polar surface area (TPSA) is 0 Å². The van der Waals surface area contributed by atoms with Crippen molar-refractivity contribution in [2.75, 3.05) is 0 Å². The molecule has 2 aliphatic carbocycles. The Labute approximate surface area is 171 Å². The zero-order valence-corrected chi connectivity index (χ0v) is 22.0. The van der Waals surface area contributed by atoms with Gasteiger partial charge in [0.25, 0.3) is 0 Å². The van der Waals surface area contributed by atoms with Gasteiger partial charge in [0.15, 0.2) is 0 Å². The molecule has 0 nitrogen and oxygen atoms in total. The van der Waals surface area contributed by atoms with Crippen molar-refractivity contribution in [3.05, 3.63) is 61.5 Å². The van der Waals surface area contributed by atoms with E-state index < -0.39 is 16.2 Å². The van der Waals surface area contributed by atoms with Crippen molar-refractivity contribution in [2.45, 2.75) is 42.4 Å². The minimum atomic E-state index is -3.65. The molecule has 0 radical (unpaired) electrons. The van der Waals surface area contributed by atoms with Gasteiger partial charge < -0.3 is 0 Å². The number of allylic oxidation sites excluding steroid dienone is 5. The average Bonchev–Trinajstić information content (AvgIpc) is 3.05. The number of halogens is 3. The van der Waals surface area contributed by atoms with Gasteiger partial charge in [0.1, 0.15) is 0 Å². The maximum absolute atomic E-state index is 7.83. The molecule has 0 amide bonds. The first-order chi connectivity index (χ1) is 10.7. The van der Waals surface area contributed by atoms with Crippen LogP contribution in [-0.4, -0.2) is 6.88 Å². The second-order valence-corrected chi connectivity index (χ2v) is 37.9. The minimum Gasteiger partial charge on any atom is -0.147 e. The third-order valence-corrected chi connectivity index (χ3v) is 32.2. The van der Waals surface area contributed by atoms with Crippen molar-refractivity contribution in [1.29, 1.82) is 0 Å². The van der Waals surface area contributed by atoms with Crippen LogP contribution in [0.5, 0.6) is 0 Å². The van der Waals surface area contributed by atoms with Gasteiger partial charge in [-0.2, -0.15) is 0 Å². The largest absolute Gasteiger partial charge is 0.147 e. The fourth-order valence-electron chi connectivity index (χ4n) is 4.73. The zero-order valence-electron chi connectivity index (χ0n) is 15.7. The molecule has 0 aliphatic heterocycles. The summed E-state index contributed by atoms with van der Waals surface area (Å²) in [5.74, 6) is 0.511. The molecule has 0 saturated carbocycles. The van der Waals surface area contributed by atoms with Crippen molar-refractivity contribution in [3.63, 3.8) is 0 Å². The first-order valence-electron chi connectivity index (χ1n) is 8.62. The molecule has 0 aromatic heterocycles. The minimum absolute atomic E-state index is 0. The second kappa shape index (κ2) is 7.80. The van der Waals surface area contributed by atoms with Gasteiger partial charge in [-0.3, -0.25) is 0 Å². The Hall–Kier alpha value is 0.410. The summed E-state index contributed by atoms with van der Waals surface area (Å²) in [4.78, 5) is 0. The number of fused-ring (bicyclic) bond motifs is 1. The van der Waals surface area contributed by atoms with Crippen molar-refractivity contribution >= 4 is 46.3 Å². The molecule has 138 valence electrons. The fourth-order valence-corrected chi connectivity index (χ4v) is 25.4. The van der Waals surface area contributed by atoms with Crippen LogP contribution in [-0.2, 0) is 16.2 Å². The normalized spacial score (nSPS) is 22.7. The maximum Gasteiger partial charge on any atom is -0.147 e. The van der Waals surface area contributed by atoms with Crippen LogP contribution in [0.3, 0.4) is 0 Å². The summed E-state index contributed by atoms with van der Waals surface area (Å²) < 4.78 is 3.20. The van der Waals surface area contributed by atoms with Crippen molar-refractivity contribution in [2.24, 2.45) is 5.92 Å². The monoisotopic (exact) mass is 492 g/mol. The molecular weight excluding hydrogens is 466 g/mol. The van der Waals surface area contributed by atoms with Crippen molar-refractivity contribution in [3.8, 4) is 0 Å². The number of rotatable bonds is 3.